The molecule has 0 aliphatic carbocycles. The number of hydrogen-bond donors (Lipinski definition) is 3. The molecule has 7 heteroatoms. The van der Waals surface area contributed by atoms with Gasteiger partial charge in [-0.25, -0.2) is 0 Å². The van der Waals surface area contributed by atoms with Gasteiger partial charge in [-0.1, -0.05) is 54.6 Å². The summed E-state index contributed by atoms with van der Waals surface area (Å²) >= 11 is 0. The van der Waals surface area contributed by atoms with E-state index in [9.17, 15) is 9.59 Å². The lowest BCUT2D eigenvalue weighted by Crippen LogP contribution is -2.53. The Morgan fingerprint density at radius 3 is 2.47 bits per heavy atom. The molecule has 2 heterocycles. The van der Waals surface area contributed by atoms with Crippen LogP contribution in [-0.4, -0.2) is 37.1 Å². The van der Waals surface area contributed by atoms with E-state index in [2.05, 4.69) is 22.0 Å². The molecule has 5 rings (SSSR count). The van der Waals surface area contributed by atoms with Gasteiger partial charge in [0, 0.05) is 24.7 Å². The molecule has 3 aromatic rings. The molecule has 0 spiro atoms. The highest BCUT2D eigenvalue weighted by molar-refractivity contribution is 5.98. The lowest BCUT2D eigenvalue weighted by Gasteiger charge is -2.27. The Kier molecular flexibility index (Phi) is 6.44. The van der Waals surface area contributed by atoms with Gasteiger partial charge in [0.2, 0.25) is 11.8 Å². The Morgan fingerprint density at radius 1 is 0.912 bits per heavy atom. The highest BCUT2D eigenvalue weighted by Gasteiger charge is 2.28. The predicted molar refractivity (Wildman–Crippen MR) is 129 cm³/mol. The average molecular weight is 458 g/mol. The van der Waals surface area contributed by atoms with Gasteiger partial charge in [-0.2, -0.15) is 0 Å². The average Bonchev–Trinajstić information content (AvgIpc) is 2.88. The molecular formula is C27H27N3O4. The van der Waals surface area contributed by atoms with Crippen LogP contribution in [0.15, 0.2) is 72.8 Å². The SMILES string of the molecule is O=C(NC(Cc1ccccc1)C(=O)Nc1ccc2c(c1)OCCO2)C1Cc2ccccc2CN1. The van der Waals surface area contributed by atoms with Gasteiger partial charge in [0.25, 0.3) is 0 Å². The third kappa shape index (κ3) is 5.05. The summed E-state index contributed by atoms with van der Waals surface area (Å²) < 4.78 is 11.2. The first-order valence-corrected chi connectivity index (χ1v) is 11.5. The summed E-state index contributed by atoms with van der Waals surface area (Å²) in [6.45, 7) is 1.60. The van der Waals surface area contributed by atoms with Crippen molar-refractivity contribution in [3.8, 4) is 11.5 Å². The zero-order valence-corrected chi connectivity index (χ0v) is 18.8. The minimum atomic E-state index is -0.734. The third-order valence-electron chi connectivity index (χ3n) is 6.12. The molecule has 0 aromatic heterocycles. The standard InChI is InChI=1S/C27H27N3O4/c31-26(22-15-19-8-4-5-9-20(19)17-28-22)30-23(14-18-6-2-1-3-7-18)27(32)29-21-10-11-24-25(16-21)34-13-12-33-24/h1-11,16,22-23,28H,12-15,17H2,(H,29,32)(H,30,31). The van der Waals surface area contributed by atoms with Crippen LogP contribution in [0.4, 0.5) is 5.69 Å². The number of hydrogen-bond acceptors (Lipinski definition) is 5. The first-order valence-electron chi connectivity index (χ1n) is 11.5. The highest BCUT2D eigenvalue weighted by Crippen LogP contribution is 2.32. The van der Waals surface area contributed by atoms with E-state index in [0.29, 0.717) is 49.8 Å². The zero-order valence-electron chi connectivity index (χ0n) is 18.8. The fraction of sp³-hybridized carbons (Fsp3) is 0.259. The number of amides is 2. The number of anilines is 1. The van der Waals surface area contributed by atoms with Gasteiger partial charge >= 0.3 is 0 Å². The van der Waals surface area contributed by atoms with E-state index in [1.807, 2.05) is 48.5 Å². The maximum atomic E-state index is 13.3. The van der Waals surface area contributed by atoms with E-state index in [1.165, 1.54) is 5.56 Å². The number of rotatable bonds is 6. The highest BCUT2D eigenvalue weighted by atomic mass is 16.6. The molecule has 2 aliphatic rings. The molecule has 2 unspecified atom stereocenters. The smallest absolute Gasteiger partial charge is 0.247 e. The van der Waals surface area contributed by atoms with Crippen molar-refractivity contribution >= 4 is 17.5 Å². The maximum Gasteiger partial charge on any atom is 0.247 e. The first-order chi connectivity index (χ1) is 16.7. The van der Waals surface area contributed by atoms with E-state index in [4.69, 9.17) is 9.47 Å². The van der Waals surface area contributed by atoms with E-state index >= 15 is 0 Å². The molecule has 174 valence electrons. The normalized spacial score (nSPS) is 17.2. The number of carbonyl (C=O) groups is 2. The summed E-state index contributed by atoms with van der Waals surface area (Å²) in [5, 5.41) is 9.20. The van der Waals surface area contributed by atoms with Crippen LogP contribution < -0.4 is 25.4 Å². The summed E-state index contributed by atoms with van der Waals surface area (Å²) in [6, 6.07) is 21.9. The van der Waals surface area contributed by atoms with Crippen molar-refractivity contribution in [2.45, 2.75) is 31.5 Å². The van der Waals surface area contributed by atoms with Crippen LogP contribution in [0.25, 0.3) is 0 Å². The number of carbonyl (C=O) groups excluding carboxylic acids is 2. The summed E-state index contributed by atoms with van der Waals surface area (Å²) in [4.78, 5) is 26.5. The van der Waals surface area contributed by atoms with Crippen molar-refractivity contribution < 1.29 is 19.1 Å². The second-order valence-electron chi connectivity index (χ2n) is 8.50. The van der Waals surface area contributed by atoms with Crippen LogP contribution in [0.1, 0.15) is 16.7 Å². The summed E-state index contributed by atoms with van der Waals surface area (Å²) in [5.41, 5.74) is 3.91. The molecule has 3 N–H and O–H groups in total. The van der Waals surface area contributed by atoms with Gasteiger partial charge in [-0.3, -0.25) is 9.59 Å². The Bertz CT molecular complexity index is 1180. The number of fused-ring (bicyclic) bond motifs is 2. The Labute approximate surface area is 198 Å². The lowest BCUT2D eigenvalue weighted by atomic mass is 9.95. The second-order valence-corrected chi connectivity index (χ2v) is 8.50. The van der Waals surface area contributed by atoms with Crippen molar-refractivity contribution in [2.24, 2.45) is 0 Å². The molecule has 0 bridgehead atoms. The predicted octanol–water partition coefficient (Wildman–Crippen LogP) is 2.84. The second kappa shape index (κ2) is 9.97. The molecule has 7 nitrogen and oxygen atoms in total. The monoisotopic (exact) mass is 457 g/mol. The van der Waals surface area contributed by atoms with Gasteiger partial charge in [0.1, 0.15) is 19.3 Å². The van der Waals surface area contributed by atoms with Crippen molar-refractivity contribution in [3.63, 3.8) is 0 Å². The Balaban J connectivity index is 1.31. The van der Waals surface area contributed by atoms with Crippen LogP contribution in [0.2, 0.25) is 0 Å². The molecule has 2 atom stereocenters. The zero-order chi connectivity index (χ0) is 23.3. The minimum Gasteiger partial charge on any atom is -0.486 e. The quantitative estimate of drug-likeness (QED) is 0.530. The largest absolute Gasteiger partial charge is 0.486 e. The van der Waals surface area contributed by atoms with Crippen molar-refractivity contribution in [3.05, 3.63) is 89.5 Å². The molecule has 0 fully saturated rings. The van der Waals surface area contributed by atoms with Crippen molar-refractivity contribution in [1.82, 2.24) is 10.6 Å². The molecule has 0 radical (unpaired) electrons. The molecule has 2 amide bonds. The Hall–Kier alpha value is -3.84. The Morgan fingerprint density at radius 2 is 1.65 bits per heavy atom. The summed E-state index contributed by atoms with van der Waals surface area (Å²) in [7, 11) is 0. The van der Waals surface area contributed by atoms with Crippen LogP contribution in [-0.2, 0) is 29.0 Å². The van der Waals surface area contributed by atoms with Gasteiger partial charge in [-0.05, 0) is 35.2 Å². The molecule has 0 saturated heterocycles. The van der Waals surface area contributed by atoms with Crippen LogP contribution in [0, 0.1) is 0 Å². The fourth-order valence-corrected chi connectivity index (χ4v) is 4.32. The number of nitrogens with one attached hydrogen (secondary N) is 3. The van der Waals surface area contributed by atoms with Crippen LogP contribution >= 0.6 is 0 Å². The van der Waals surface area contributed by atoms with E-state index in [0.717, 1.165) is 11.1 Å². The van der Waals surface area contributed by atoms with Crippen LogP contribution in [0.3, 0.4) is 0 Å². The molecule has 34 heavy (non-hydrogen) atoms. The topological polar surface area (TPSA) is 88.7 Å². The van der Waals surface area contributed by atoms with E-state index < -0.39 is 12.1 Å². The van der Waals surface area contributed by atoms with Crippen molar-refractivity contribution in [1.29, 1.82) is 0 Å². The lowest BCUT2D eigenvalue weighted by molar-refractivity contribution is -0.128. The molecule has 2 aliphatic heterocycles. The number of ether oxygens (including phenoxy) is 2. The van der Waals surface area contributed by atoms with Crippen LogP contribution in [0.5, 0.6) is 11.5 Å². The molecular weight excluding hydrogens is 430 g/mol. The van der Waals surface area contributed by atoms with Crippen molar-refractivity contribution in [2.75, 3.05) is 18.5 Å². The molecule has 3 aromatic carbocycles. The molecule has 0 saturated carbocycles. The van der Waals surface area contributed by atoms with E-state index in [-0.39, 0.29) is 11.8 Å². The first kappa shape index (κ1) is 22.0. The number of benzene rings is 3. The fourth-order valence-electron chi connectivity index (χ4n) is 4.32. The van der Waals surface area contributed by atoms with E-state index in [1.54, 1.807) is 18.2 Å². The van der Waals surface area contributed by atoms with Gasteiger partial charge < -0.3 is 25.4 Å². The van der Waals surface area contributed by atoms with Gasteiger partial charge in [0.15, 0.2) is 11.5 Å². The van der Waals surface area contributed by atoms with Gasteiger partial charge in [-0.15, -0.1) is 0 Å². The van der Waals surface area contributed by atoms with Gasteiger partial charge in [0.05, 0.1) is 6.04 Å². The summed E-state index contributed by atoms with van der Waals surface area (Å²) in [6.07, 6.45) is 0.968. The third-order valence-corrected chi connectivity index (χ3v) is 6.12. The summed E-state index contributed by atoms with van der Waals surface area (Å²) in [5.74, 6) is 0.776. The minimum absolute atomic E-state index is 0.187. The maximum absolute atomic E-state index is 13.3.